The average molecular weight is 427 g/mol. The van der Waals surface area contributed by atoms with E-state index in [0.717, 1.165) is 31.4 Å². The molecule has 5 rings (SSSR count). The lowest BCUT2D eigenvalue weighted by Crippen LogP contribution is -2.12. The second-order valence-corrected chi connectivity index (χ2v) is 8.83. The fourth-order valence-electron chi connectivity index (χ4n) is 2.80. The number of nitrogens with zero attached hydrogens (tertiary/aromatic N) is 4. The number of thioether (sulfide) groups is 1. The van der Waals surface area contributed by atoms with Gasteiger partial charge < -0.3 is 0 Å². The van der Waals surface area contributed by atoms with Crippen molar-refractivity contribution in [2.45, 2.75) is 10.8 Å². The summed E-state index contributed by atoms with van der Waals surface area (Å²) in [6.07, 6.45) is 3.26. The Balaban J connectivity index is 1.46. The van der Waals surface area contributed by atoms with Crippen LogP contribution in [0.3, 0.4) is 0 Å². The molecule has 0 unspecified atom stereocenters. The average Bonchev–Trinajstić information content (AvgIpc) is 3.34. The van der Waals surface area contributed by atoms with Gasteiger partial charge in [-0.3, -0.25) is 9.20 Å². The van der Waals surface area contributed by atoms with Crippen molar-refractivity contribution in [3.8, 4) is 10.4 Å². The molecule has 0 bridgehead atoms. The summed E-state index contributed by atoms with van der Waals surface area (Å²) in [5, 5.41) is 2.69. The first-order valence-electron chi connectivity index (χ1n) is 8.26. The van der Waals surface area contributed by atoms with Crippen molar-refractivity contribution in [1.29, 1.82) is 0 Å². The molecule has 0 aliphatic rings. The van der Waals surface area contributed by atoms with Gasteiger partial charge in [0.15, 0.2) is 4.96 Å². The number of hydrogen-bond acceptors (Lipinski definition) is 7. The maximum Gasteiger partial charge on any atom is 0.258 e. The lowest BCUT2D eigenvalue weighted by molar-refractivity contribution is 0.628. The van der Waals surface area contributed by atoms with Crippen LogP contribution in [0.15, 0.2) is 64.1 Å². The zero-order valence-electron chi connectivity index (χ0n) is 14.2. The standard InChI is InChI=1S/C19H11FN4OS3/c20-12-3-1-11(2-4-12)15-8-14-17(28-15)18(22-10-21-14)27-9-13-7-16(25)24-5-6-26-19(24)23-13/h1-8,10H,9H2. The predicted octanol–water partition coefficient (Wildman–Crippen LogP) is 4.86. The van der Waals surface area contributed by atoms with Crippen LogP contribution in [0, 0.1) is 5.82 Å². The number of benzene rings is 1. The van der Waals surface area contributed by atoms with Crippen molar-refractivity contribution in [2.75, 3.05) is 0 Å². The largest absolute Gasteiger partial charge is 0.269 e. The lowest BCUT2D eigenvalue weighted by atomic mass is 10.2. The van der Waals surface area contributed by atoms with E-state index >= 15 is 0 Å². The minimum absolute atomic E-state index is 0.0793. The van der Waals surface area contributed by atoms with Crippen molar-refractivity contribution in [2.24, 2.45) is 0 Å². The minimum atomic E-state index is -0.257. The van der Waals surface area contributed by atoms with E-state index in [0.29, 0.717) is 10.7 Å². The summed E-state index contributed by atoms with van der Waals surface area (Å²) in [5.41, 5.74) is 2.44. The van der Waals surface area contributed by atoms with Gasteiger partial charge in [-0.2, -0.15) is 0 Å². The first kappa shape index (κ1) is 17.5. The normalized spacial score (nSPS) is 11.5. The van der Waals surface area contributed by atoms with Crippen molar-refractivity contribution < 1.29 is 4.39 Å². The number of thiazole rings is 1. The molecular formula is C19H11FN4OS3. The fraction of sp³-hybridized carbons (Fsp3) is 0.0526. The molecule has 138 valence electrons. The third kappa shape index (κ3) is 3.21. The summed E-state index contributed by atoms with van der Waals surface area (Å²) in [4.78, 5) is 27.1. The number of halogens is 1. The number of hydrogen-bond donors (Lipinski definition) is 0. The predicted molar refractivity (Wildman–Crippen MR) is 112 cm³/mol. The van der Waals surface area contributed by atoms with Crippen LogP contribution in [0.4, 0.5) is 4.39 Å². The summed E-state index contributed by atoms with van der Waals surface area (Å²) < 4.78 is 15.7. The van der Waals surface area contributed by atoms with Gasteiger partial charge in [0.2, 0.25) is 0 Å². The zero-order chi connectivity index (χ0) is 19.1. The Kier molecular flexibility index (Phi) is 4.42. The second-order valence-electron chi connectivity index (χ2n) is 5.94. The zero-order valence-corrected chi connectivity index (χ0v) is 16.7. The van der Waals surface area contributed by atoms with Crippen LogP contribution in [0.25, 0.3) is 25.6 Å². The highest BCUT2D eigenvalue weighted by Gasteiger charge is 2.12. The molecule has 28 heavy (non-hydrogen) atoms. The molecular weight excluding hydrogens is 415 g/mol. The highest BCUT2D eigenvalue weighted by molar-refractivity contribution is 7.98. The Labute approximate surface area is 170 Å². The van der Waals surface area contributed by atoms with E-state index in [2.05, 4.69) is 15.0 Å². The molecule has 0 N–H and O–H groups in total. The summed E-state index contributed by atoms with van der Waals surface area (Å²) in [5.74, 6) is 0.284. The van der Waals surface area contributed by atoms with E-state index in [4.69, 9.17) is 0 Å². The highest BCUT2D eigenvalue weighted by atomic mass is 32.2. The van der Waals surface area contributed by atoms with Crippen LogP contribution in [0.2, 0.25) is 0 Å². The summed E-state index contributed by atoms with van der Waals surface area (Å²) >= 11 is 4.53. The van der Waals surface area contributed by atoms with Crippen LogP contribution in [-0.2, 0) is 5.75 Å². The first-order chi connectivity index (χ1) is 13.7. The van der Waals surface area contributed by atoms with Crippen molar-refractivity contribution >= 4 is 49.6 Å². The summed E-state index contributed by atoms with van der Waals surface area (Å²) in [6.45, 7) is 0. The van der Waals surface area contributed by atoms with Crippen LogP contribution < -0.4 is 5.56 Å². The third-order valence-electron chi connectivity index (χ3n) is 4.12. The van der Waals surface area contributed by atoms with Crippen molar-refractivity contribution in [3.63, 3.8) is 0 Å². The van der Waals surface area contributed by atoms with E-state index in [9.17, 15) is 9.18 Å². The van der Waals surface area contributed by atoms with Gasteiger partial charge in [0.1, 0.15) is 17.2 Å². The van der Waals surface area contributed by atoms with E-state index in [1.54, 1.807) is 35.7 Å². The minimum Gasteiger partial charge on any atom is -0.269 e. The highest BCUT2D eigenvalue weighted by Crippen LogP contribution is 2.37. The lowest BCUT2D eigenvalue weighted by Gasteiger charge is -2.02. The fourth-order valence-corrected chi connectivity index (χ4v) is 5.63. The van der Waals surface area contributed by atoms with Gasteiger partial charge in [0.05, 0.1) is 15.9 Å². The van der Waals surface area contributed by atoms with Crippen molar-refractivity contribution in [3.05, 3.63) is 76.2 Å². The molecule has 0 aliphatic carbocycles. The smallest absolute Gasteiger partial charge is 0.258 e. The Morgan fingerprint density at radius 1 is 1.14 bits per heavy atom. The second kappa shape index (κ2) is 7.08. The molecule has 0 radical (unpaired) electrons. The summed E-state index contributed by atoms with van der Waals surface area (Å²) in [7, 11) is 0. The van der Waals surface area contributed by atoms with Crippen LogP contribution in [-0.4, -0.2) is 19.4 Å². The third-order valence-corrected chi connectivity index (χ3v) is 7.21. The summed E-state index contributed by atoms with van der Waals surface area (Å²) in [6, 6.07) is 9.96. The first-order valence-corrected chi connectivity index (χ1v) is 10.9. The molecule has 0 fully saturated rings. The molecule has 0 atom stereocenters. The van der Waals surface area contributed by atoms with Gasteiger partial charge in [-0.05, 0) is 23.8 Å². The van der Waals surface area contributed by atoms with E-state index in [1.807, 2.05) is 11.4 Å². The monoisotopic (exact) mass is 426 g/mol. The molecule has 4 aromatic heterocycles. The van der Waals surface area contributed by atoms with Crippen molar-refractivity contribution in [1.82, 2.24) is 19.4 Å². The van der Waals surface area contributed by atoms with E-state index < -0.39 is 0 Å². The molecule has 0 spiro atoms. The molecule has 5 aromatic rings. The molecule has 0 aliphatic heterocycles. The molecule has 0 saturated carbocycles. The molecule has 9 heteroatoms. The van der Waals surface area contributed by atoms with Crippen LogP contribution in [0.1, 0.15) is 5.69 Å². The quantitative estimate of drug-likeness (QED) is 0.303. The number of fused-ring (bicyclic) bond motifs is 2. The Bertz CT molecular complexity index is 1360. The SMILES string of the molecule is O=c1cc(CSc2ncnc3cc(-c4ccc(F)cc4)sc23)nc2sccn12. The molecule has 0 amide bonds. The Hall–Kier alpha value is -2.62. The number of thiophene rings is 1. The Morgan fingerprint density at radius 2 is 2.00 bits per heavy atom. The van der Waals surface area contributed by atoms with Gasteiger partial charge in [-0.25, -0.2) is 19.3 Å². The van der Waals surface area contributed by atoms with Gasteiger partial charge in [-0.15, -0.1) is 22.7 Å². The van der Waals surface area contributed by atoms with Gasteiger partial charge in [0, 0.05) is 28.3 Å². The molecule has 0 saturated heterocycles. The maximum atomic E-state index is 13.2. The maximum absolute atomic E-state index is 13.2. The molecule has 1 aromatic carbocycles. The molecule has 5 nitrogen and oxygen atoms in total. The van der Waals surface area contributed by atoms with Gasteiger partial charge in [-0.1, -0.05) is 23.9 Å². The van der Waals surface area contributed by atoms with E-state index in [-0.39, 0.29) is 11.4 Å². The number of aromatic nitrogens is 4. The topological polar surface area (TPSA) is 60.2 Å². The van der Waals surface area contributed by atoms with Crippen LogP contribution >= 0.6 is 34.4 Å². The number of rotatable bonds is 4. The van der Waals surface area contributed by atoms with E-state index in [1.165, 1.54) is 46.0 Å². The van der Waals surface area contributed by atoms with Crippen LogP contribution in [0.5, 0.6) is 0 Å². The molecule has 4 heterocycles. The Morgan fingerprint density at radius 3 is 2.86 bits per heavy atom. The van der Waals surface area contributed by atoms with Gasteiger partial charge >= 0.3 is 0 Å². The van der Waals surface area contributed by atoms with Gasteiger partial charge in [0.25, 0.3) is 5.56 Å².